The Kier molecular flexibility index (Phi) is 4.57. The number of nitrogens with one attached hydrogen (secondary N) is 1. The number of hydrogen-bond donors (Lipinski definition) is 2. The lowest BCUT2D eigenvalue weighted by atomic mass is 9.83. The molecule has 106 valence electrons. The van der Waals surface area contributed by atoms with Gasteiger partial charge in [0, 0.05) is 22.2 Å². The fraction of sp³-hybridized carbons (Fsp3) is 0.625. The summed E-state index contributed by atoms with van der Waals surface area (Å²) in [5.41, 5.74) is 7.79. The fourth-order valence-corrected chi connectivity index (χ4v) is 3.38. The molecule has 1 atom stereocenters. The van der Waals surface area contributed by atoms with Gasteiger partial charge in [-0.2, -0.15) is 0 Å². The lowest BCUT2D eigenvalue weighted by molar-refractivity contribution is 0.305. The molecule has 0 bridgehead atoms. The molecule has 0 aliphatic heterocycles. The molecule has 2 nitrogen and oxygen atoms in total. The summed E-state index contributed by atoms with van der Waals surface area (Å²) in [5.74, 6) is 0. The number of benzene rings is 1. The summed E-state index contributed by atoms with van der Waals surface area (Å²) < 4.78 is 1.11. The first-order valence-corrected chi connectivity index (χ1v) is 7.98. The largest absolute Gasteiger partial charge is 0.378 e. The number of hydrogen-bond acceptors (Lipinski definition) is 2. The molecule has 1 aromatic carbocycles. The first-order chi connectivity index (χ1) is 8.95. The highest BCUT2D eigenvalue weighted by molar-refractivity contribution is 9.10. The molecule has 1 fully saturated rings. The van der Waals surface area contributed by atoms with Crippen molar-refractivity contribution >= 4 is 21.6 Å². The first kappa shape index (κ1) is 14.9. The molecule has 1 saturated carbocycles. The topological polar surface area (TPSA) is 38.0 Å². The summed E-state index contributed by atoms with van der Waals surface area (Å²) in [5, 5.41) is 3.71. The second kappa shape index (κ2) is 5.84. The van der Waals surface area contributed by atoms with E-state index in [-0.39, 0.29) is 5.54 Å². The van der Waals surface area contributed by atoms with E-state index >= 15 is 0 Å². The van der Waals surface area contributed by atoms with Gasteiger partial charge in [-0.3, -0.25) is 0 Å². The maximum Gasteiger partial charge on any atom is 0.0495 e. The van der Waals surface area contributed by atoms with Crippen LogP contribution in [0.3, 0.4) is 0 Å². The van der Waals surface area contributed by atoms with Gasteiger partial charge in [0.2, 0.25) is 0 Å². The van der Waals surface area contributed by atoms with Gasteiger partial charge in [-0.15, -0.1) is 0 Å². The Balaban J connectivity index is 2.14. The highest BCUT2D eigenvalue weighted by Gasteiger charge is 2.34. The molecule has 1 aromatic rings. The third-order valence-corrected chi connectivity index (χ3v) is 4.91. The van der Waals surface area contributed by atoms with Gasteiger partial charge >= 0.3 is 0 Å². The zero-order chi connectivity index (χ0) is 13.9. The molecule has 3 N–H and O–H groups in total. The second-order valence-electron chi connectivity index (χ2n) is 6.64. The molecule has 19 heavy (non-hydrogen) atoms. The van der Waals surface area contributed by atoms with E-state index in [1.54, 1.807) is 0 Å². The van der Waals surface area contributed by atoms with Crippen LogP contribution in [0.25, 0.3) is 0 Å². The summed E-state index contributed by atoms with van der Waals surface area (Å²) in [6, 6.07) is 8.37. The first-order valence-electron chi connectivity index (χ1n) is 7.19. The summed E-state index contributed by atoms with van der Waals surface area (Å²) in [4.78, 5) is 0. The zero-order valence-electron chi connectivity index (χ0n) is 12.0. The van der Waals surface area contributed by atoms with E-state index in [0.717, 1.165) is 10.9 Å². The molecule has 1 aliphatic carbocycles. The summed E-state index contributed by atoms with van der Waals surface area (Å²) in [6.45, 7) is 5.45. The van der Waals surface area contributed by atoms with E-state index < -0.39 is 0 Å². The van der Waals surface area contributed by atoms with Crippen LogP contribution in [0.15, 0.2) is 28.7 Å². The minimum atomic E-state index is 0.0641. The van der Waals surface area contributed by atoms with Crippen molar-refractivity contribution in [3.63, 3.8) is 0 Å². The Bertz CT molecular complexity index is 431. The van der Waals surface area contributed by atoms with Crippen molar-refractivity contribution in [3.8, 4) is 0 Å². The number of anilines is 1. The van der Waals surface area contributed by atoms with Gasteiger partial charge in [-0.05, 0) is 49.3 Å². The van der Waals surface area contributed by atoms with Crippen LogP contribution in [-0.4, -0.2) is 12.1 Å². The quantitative estimate of drug-likeness (QED) is 0.800. The van der Waals surface area contributed by atoms with E-state index in [1.165, 1.54) is 31.4 Å². The average molecular weight is 325 g/mol. The monoisotopic (exact) mass is 324 g/mol. The van der Waals surface area contributed by atoms with Crippen molar-refractivity contribution < 1.29 is 0 Å². The Morgan fingerprint density at radius 2 is 2.00 bits per heavy atom. The van der Waals surface area contributed by atoms with Gasteiger partial charge in [0.1, 0.15) is 0 Å². The van der Waals surface area contributed by atoms with E-state index in [2.05, 4.69) is 59.4 Å². The Labute approximate surface area is 125 Å². The standard InChI is InChI=1S/C16H25BrN2/c1-15(2)7-4-8-16(12-18,10-9-15)19-14-6-3-5-13(17)11-14/h3,5-6,11,19H,4,7-10,12,18H2,1-2H3. The van der Waals surface area contributed by atoms with Gasteiger partial charge < -0.3 is 11.1 Å². The predicted octanol–water partition coefficient (Wildman–Crippen LogP) is 4.55. The van der Waals surface area contributed by atoms with Crippen molar-refractivity contribution in [2.24, 2.45) is 11.1 Å². The van der Waals surface area contributed by atoms with Crippen molar-refractivity contribution in [1.82, 2.24) is 0 Å². The van der Waals surface area contributed by atoms with Crippen LogP contribution in [0.2, 0.25) is 0 Å². The summed E-state index contributed by atoms with van der Waals surface area (Å²) in [7, 11) is 0. The second-order valence-corrected chi connectivity index (χ2v) is 7.55. The van der Waals surface area contributed by atoms with Crippen molar-refractivity contribution in [1.29, 1.82) is 0 Å². The van der Waals surface area contributed by atoms with Crippen molar-refractivity contribution in [2.75, 3.05) is 11.9 Å². The van der Waals surface area contributed by atoms with Crippen molar-refractivity contribution in [2.45, 2.75) is 51.5 Å². The Morgan fingerprint density at radius 3 is 2.68 bits per heavy atom. The fourth-order valence-electron chi connectivity index (χ4n) is 2.99. The lowest BCUT2D eigenvalue weighted by Gasteiger charge is -2.34. The van der Waals surface area contributed by atoms with Crippen LogP contribution >= 0.6 is 15.9 Å². The zero-order valence-corrected chi connectivity index (χ0v) is 13.6. The molecule has 0 spiro atoms. The Morgan fingerprint density at radius 1 is 1.21 bits per heavy atom. The molecular formula is C16H25BrN2. The van der Waals surface area contributed by atoms with Crippen LogP contribution in [0.1, 0.15) is 46.0 Å². The summed E-state index contributed by atoms with van der Waals surface area (Å²) in [6.07, 6.45) is 6.12. The SMILES string of the molecule is CC1(C)CCCC(CN)(Nc2cccc(Br)c2)CC1. The van der Waals surface area contributed by atoms with Gasteiger partial charge in [-0.1, -0.05) is 42.3 Å². The molecule has 0 radical (unpaired) electrons. The van der Waals surface area contributed by atoms with Crippen LogP contribution in [0, 0.1) is 5.41 Å². The number of nitrogens with two attached hydrogens (primary N) is 1. The van der Waals surface area contributed by atoms with Gasteiger partial charge in [0.05, 0.1) is 0 Å². The number of halogens is 1. The van der Waals surface area contributed by atoms with E-state index in [1.807, 2.05) is 0 Å². The molecule has 1 unspecified atom stereocenters. The molecule has 3 heteroatoms. The molecule has 0 aromatic heterocycles. The predicted molar refractivity (Wildman–Crippen MR) is 86.4 cm³/mol. The normalized spacial score (nSPS) is 26.7. The minimum absolute atomic E-state index is 0.0641. The van der Waals surface area contributed by atoms with Gasteiger partial charge in [-0.25, -0.2) is 0 Å². The molecule has 2 rings (SSSR count). The average Bonchev–Trinajstić information content (AvgIpc) is 2.49. The van der Waals surface area contributed by atoms with E-state index in [0.29, 0.717) is 12.0 Å². The molecule has 1 aliphatic rings. The molecule has 0 saturated heterocycles. The Hall–Kier alpha value is -0.540. The summed E-state index contributed by atoms with van der Waals surface area (Å²) >= 11 is 3.53. The third-order valence-electron chi connectivity index (χ3n) is 4.41. The maximum absolute atomic E-state index is 6.11. The van der Waals surface area contributed by atoms with Gasteiger partial charge in [0.25, 0.3) is 0 Å². The molecule has 0 amide bonds. The smallest absolute Gasteiger partial charge is 0.0495 e. The maximum atomic E-state index is 6.11. The van der Waals surface area contributed by atoms with E-state index in [9.17, 15) is 0 Å². The van der Waals surface area contributed by atoms with Crippen LogP contribution in [0.4, 0.5) is 5.69 Å². The van der Waals surface area contributed by atoms with Crippen LogP contribution < -0.4 is 11.1 Å². The number of rotatable bonds is 3. The van der Waals surface area contributed by atoms with Gasteiger partial charge in [0.15, 0.2) is 0 Å². The molecular weight excluding hydrogens is 300 g/mol. The van der Waals surface area contributed by atoms with Crippen LogP contribution in [-0.2, 0) is 0 Å². The minimum Gasteiger partial charge on any atom is -0.378 e. The highest BCUT2D eigenvalue weighted by atomic mass is 79.9. The van der Waals surface area contributed by atoms with E-state index in [4.69, 9.17) is 5.73 Å². The highest BCUT2D eigenvalue weighted by Crippen LogP contribution is 2.39. The van der Waals surface area contributed by atoms with Crippen LogP contribution in [0.5, 0.6) is 0 Å². The van der Waals surface area contributed by atoms with Crippen molar-refractivity contribution in [3.05, 3.63) is 28.7 Å². The molecule has 0 heterocycles. The lowest BCUT2D eigenvalue weighted by Crippen LogP contribution is -2.45. The third kappa shape index (κ3) is 3.96.